The lowest BCUT2D eigenvalue weighted by Gasteiger charge is -1.94. The van der Waals surface area contributed by atoms with E-state index in [1.54, 1.807) is 6.20 Å². The Morgan fingerprint density at radius 2 is 2.15 bits per heavy atom. The fraction of sp³-hybridized carbons (Fsp3) is 0.200. The van der Waals surface area contributed by atoms with Crippen molar-refractivity contribution in [1.82, 2.24) is 14.8 Å². The lowest BCUT2D eigenvalue weighted by molar-refractivity contribution is 0.661. The average molecular weight is 173 g/mol. The number of aryl methyl sites for hydroxylation is 1. The SMILES string of the molecule is CCn1ccc(-c2ccccn2)n1. The molecule has 0 aliphatic carbocycles. The van der Waals surface area contributed by atoms with E-state index in [1.807, 2.05) is 35.1 Å². The molecule has 3 nitrogen and oxygen atoms in total. The zero-order chi connectivity index (χ0) is 9.10. The summed E-state index contributed by atoms with van der Waals surface area (Å²) in [4.78, 5) is 4.22. The summed E-state index contributed by atoms with van der Waals surface area (Å²) in [5.41, 5.74) is 1.86. The quantitative estimate of drug-likeness (QED) is 0.695. The highest BCUT2D eigenvalue weighted by Gasteiger charge is 2.00. The Kier molecular flexibility index (Phi) is 2.08. The van der Waals surface area contributed by atoms with Crippen LogP contribution < -0.4 is 0 Å². The van der Waals surface area contributed by atoms with Gasteiger partial charge in [0.05, 0.1) is 5.69 Å². The molecule has 0 aromatic carbocycles. The van der Waals surface area contributed by atoms with Crippen LogP contribution in [0.1, 0.15) is 6.92 Å². The van der Waals surface area contributed by atoms with E-state index in [2.05, 4.69) is 17.0 Å². The number of pyridine rings is 1. The Balaban J connectivity index is 2.36. The summed E-state index contributed by atoms with van der Waals surface area (Å²) in [7, 11) is 0. The molecule has 0 radical (unpaired) electrons. The van der Waals surface area contributed by atoms with Crippen LogP contribution in [0.5, 0.6) is 0 Å². The van der Waals surface area contributed by atoms with Crippen LogP contribution in [0.25, 0.3) is 11.4 Å². The molecule has 0 bridgehead atoms. The van der Waals surface area contributed by atoms with Gasteiger partial charge in [-0.1, -0.05) is 6.07 Å². The van der Waals surface area contributed by atoms with E-state index >= 15 is 0 Å². The summed E-state index contributed by atoms with van der Waals surface area (Å²) in [6.45, 7) is 2.96. The minimum atomic E-state index is 0.896. The Labute approximate surface area is 77.0 Å². The first-order valence-electron chi connectivity index (χ1n) is 4.35. The van der Waals surface area contributed by atoms with Crippen LogP contribution in [-0.2, 0) is 6.54 Å². The zero-order valence-electron chi connectivity index (χ0n) is 7.51. The Bertz CT molecular complexity index is 378. The van der Waals surface area contributed by atoms with Crippen LogP contribution in [0.2, 0.25) is 0 Å². The normalized spacial score (nSPS) is 10.2. The highest BCUT2D eigenvalue weighted by Crippen LogP contribution is 2.12. The van der Waals surface area contributed by atoms with Gasteiger partial charge in [-0.3, -0.25) is 9.67 Å². The monoisotopic (exact) mass is 173 g/mol. The molecule has 2 rings (SSSR count). The summed E-state index contributed by atoms with van der Waals surface area (Å²) in [6.07, 6.45) is 3.74. The Hall–Kier alpha value is -1.64. The van der Waals surface area contributed by atoms with E-state index < -0.39 is 0 Å². The van der Waals surface area contributed by atoms with Crippen molar-refractivity contribution in [2.75, 3.05) is 0 Å². The van der Waals surface area contributed by atoms with E-state index in [9.17, 15) is 0 Å². The van der Waals surface area contributed by atoms with E-state index in [1.165, 1.54) is 0 Å². The lowest BCUT2D eigenvalue weighted by Crippen LogP contribution is -1.94. The highest BCUT2D eigenvalue weighted by molar-refractivity contribution is 5.52. The molecule has 3 heteroatoms. The second kappa shape index (κ2) is 3.39. The van der Waals surface area contributed by atoms with Gasteiger partial charge in [-0.25, -0.2) is 0 Å². The van der Waals surface area contributed by atoms with Gasteiger partial charge in [0.2, 0.25) is 0 Å². The van der Waals surface area contributed by atoms with Crippen LogP contribution in [-0.4, -0.2) is 14.8 Å². The van der Waals surface area contributed by atoms with Crippen LogP contribution in [0.4, 0.5) is 0 Å². The minimum absolute atomic E-state index is 0.896. The lowest BCUT2D eigenvalue weighted by atomic mass is 10.3. The molecule has 0 aliphatic heterocycles. The predicted octanol–water partition coefficient (Wildman–Crippen LogP) is 1.96. The standard InChI is InChI=1S/C10H11N3/c1-2-13-8-6-10(12-13)9-5-3-4-7-11-9/h3-8H,2H2,1H3. The molecule has 13 heavy (non-hydrogen) atoms. The topological polar surface area (TPSA) is 30.7 Å². The molecule has 66 valence electrons. The number of nitrogens with zero attached hydrogens (tertiary/aromatic N) is 3. The van der Waals surface area contributed by atoms with Crippen LogP contribution in [0.3, 0.4) is 0 Å². The van der Waals surface area contributed by atoms with Gasteiger partial charge in [-0.15, -0.1) is 0 Å². The van der Waals surface area contributed by atoms with Crippen molar-refractivity contribution in [3.8, 4) is 11.4 Å². The van der Waals surface area contributed by atoms with E-state index in [0.29, 0.717) is 0 Å². The molecule has 2 heterocycles. The van der Waals surface area contributed by atoms with Crippen LogP contribution >= 0.6 is 0 Å². The van der Waals surface area contributed by atoms with Crippen molar-refractivity contribution >= 4 is 0 Å². The molecule has 2 aromatic rings. The first kappa shape index (κ1) is 7.98. The molecule has 0 N–H and O–H groups in total. The molecule has 0 amide bonds. The van der Waals surface area contributed by atoms with E-state index in [0.717, 1.165) is 17.9 Å². The average Bonchev–Trinajstić information content (AvgIpc) is 2.67. The maximum atomic E-state index is 4.35. The summed E-state index contributed by atoms with van der Waals surface area (Å²) in [6, 6.07) is 7.81. The highest BCUT2D eigenvalue weighted by atomic mass is 15.3. The molecular formula is C10H11N3. The van der Waals surface area contributed by atoms with Gasteiger partial charge >= 0.3 is 0 Å². The van der Waals surface area contributed by atoms with Crippen molar-refractivity contribution in [3.05, 3.63) is 36.7 Å². The van der Waals surface area contributed by atoms with Crippen LogP contribution in [0, 0.1) is 0 Å². The van der Waals surface area contributed by atoms with Crippen LogP contribution in [0.15, 0.2) is 36.7 Å². The number of hydrogen-bond acceptors (Lipinski definition) is 2. The van der Waals surface area contributed by atoms with Crippen molar-refractivity contribution in [1.29, 1.82) is 0 Å². The molecular weight excluding hydrogens is 162 g/mol. The Morgan fingerprint density at radius 1 is 1.23 bits per heavy atom. The molecule has 0 unspecified atom stereocenters. The summed E-state index contributed by atoms with van der Waals surface area (Å²) in [5.74, 6) is 0. The molecule has 0 aliphatic rings. The smallest absolute Gasteiger partial charge is 0.111 e. The number of hydrogen-bond donors (Lipinski definition) is 0. The van der Waals surface area contributed by atoms with Gasteiger partial charge in [0.15, 0.2) is 0 Å². The van der Waals surface area contributed by atoms with Crippen molar-refractivity contribution in [2.45, 2.75) is 13.5 Å². The maximum absolute atomic E-state index is 4.35. The molecule has 2 aromatic heterocycles. The number of rotatable bonds is 2. The van der Waals surface area contributed by atoms with Gasteiger partial charge in [-0.2, -0.15) is 5.10 Å². The summed E-state index contributed by atoms with van der Waals surface area (Å²) >= 11 is 0. The first-order chi connectivity index (χ1) is 6.40. The molecule has 0 saturated heterocycles. The molecule has 0 spiro atoms. The van der Waals surface area contributed by atoms with Crippen molar-refractivity contribution in [2.24, 2.45) is 0 Å². The first-order valence-corrected chi connectivity index (χ1v) is 4.35. The van der Waals surface area contributed by atoms with Gasteiger partial charge in [-0.05, 0) is 25.1 Å². The number of aromatic nitrogens is 3. The third-order valence-electron chi connectivity index (χ3n) is 1.89. The largest absolute Gasteiger partial charge is 0.272 e. The second-order valence-corrected chi connectivity index (χ2v) is 2.77. The molecule has 0 atom stereocenters. The predicted molar refractivity (Wildman–Crippen MR) is 51.1 cm³/mol. The summed E-state index contributed by atoms with van der Waals surface area (Å²) in [5, 5.41) is 4.35. The van der Waals surface area contributed by atoms with Gasteiger partial charge in [0.1, 0.15) is 5.69 Å². The third-order valence-corrected chi connectivity index (χ3v) is 1.89. The van der Waals surface area contributed by atoms with Gasteiger partial charge in [0, 0.05) is 18.9 Å². The summed E-state index contributed by atoms with van der Waals surface area (Å²) < 4.78 is 1.89. The Morgan fingerprint density at radius 3 is 2.77 bits per heavy atom. The minimum Gasteiger partial charge on any atom is -0.272 e. The fourth-order valence-electron chi connectivity index (χ4n) is 1.19. The van der Waals surface area contributed by atoms with Gasteiger partial charge < -0.3 is 0 Å². The van der Waals surface area contributed by atoms with E-state index in [4.69, 9.17) is 0 Å². The molecule has 0 fully saturated rings. The molecule has 0 saturated carbocycles. The van der Waals surface area contributed by atoms with Crippen molar-refractivity contribution < 1.29 is 0 Å². The maximum Gasteiger partial charge on any atom is 0.111 e. The van der Waals surface area contributed by atoms with Crippen molar-refractivity contribution in [3.63, 3.8) is 0 Å². The second-order valence-electron chi connectivity index (χ2n) is 2.77. The zero-order valence-corrected chi connectivity index (χ0v) is 7.51. The van der Waals surface area contributed by atoms with E-state index in [-0.39, 0.29) is 0 Å². The third kappa shape index (κ3) is 1.59. The fourth-order valence-corrected chi connectivity index (χ4v) is 1.19. The van der Waals surface area contributed by atoms with Gasteiger partial charge in [0.25, 0.3) is 0 Å².